The van der Waals surface area contributed by atoms with Crippen LogP contribution < -0.4 is 5.32 Å². The molecule has 0 aromatic carbocycles. The van der Waals surface area contributed by atoms with Gasteiger partial charge in [-0.2, -0.15) is 0 Å². The Labute approximate surface area is 113 Å². The molecule has 1 atom stereocenters. The topological polar surface area (TPSA) is 62.6 Å². The number of carbonyl (C=O) groups is 2. The fourth-order valence-electron chi connectivity index (χ4n) is 2.62. The largest absolute Gasteiger partial charge is 0.459 e. The van der Waals surface area contributed by atoms with E-state index in [9.17, 15) is 9.59 Å². The lowest BCUT2D eigenvalue weighted by Crippen LogP contribution is -2.64. The van der Waals surface area contributed by atoms with Crippen molar-refractivity contribution >= 4 is 11.8 Å². The third kappa shape index (κ3) is 2.25. The molecule has 1 N–H and O–H groups in total. The molecule has 0 radical (unpaired) electrons. The van der Waals surface area contributed by atoms with Crippen LogP contribution in [0.5, 0.6) is 0 Å². The Bertz CT molecular complexity index is 495. The lowest BCUT2D eigenvalue weighted by molar-refractivity contribution is -0.134. The first-order valence-corrected chi connectivity index (χ1v) is 6.65. The summed E-state index contributed by atoms with van der Waals surface area (Å²) in [6, 6.07) is 1.76. The highest BCUT2D eigenvalue weighted by Gasteiger charge is 2.44. The molecule has 19 heavy (non-hydrogen) atoms. The summed E-state index contributed by atoms with van der Waals surface area (Å²) in [6.07, 6.45) is 2.99. The monoisotopic (exact) mass is 264 g/mol. The second-order valence-electron chi connectivity index (χ2n) is 5.17. The summed E-state index contributed by atoms with van der Waals surface area (Å²) in [5.74, 6) is 0.0449. The van der Waals surface area contributed by atoms with E-state index >= 15 is 0 Å². The molecule has 2 heterocycles. The van der Waals surface area contributed by atoms with Gasteiger partial charge in [0.1, 0.15) is 5.54 Å². The van der Waals surface area contributed by atoms with Gasteiger partial charge in [0.25, 0.3) is 5.91 Å². The zero-order valence-electron chi connectivity index (χ0n) is 11.7. The Morgan fingerprint density at radius 2 is 2.32 bits per heavy atom. The third-order valence-corrected chi connectivity index (χ3v) is 3.74. The van der Waals surface area contributed by atoms with Crippen molar-refractivity contribution in [2.75, 3.05) is 13.1 Å². The van der Waals surface area contributed by atoms with Gasteiger partial charge in [0.05, 0.1) is 6.26 Å². The second kappa shape index (κ2) is 5.07. The molecule has 0 bridgehead atoms. The summed E-state index contributed by atoms with van der Waals surface area (Å²) in [6.45, 7) is 6.66. The maximum Gasteiger partial charge on any atom is 0.290 e. The SMILES string of the molecule is CCCC1(C)C(=O)NCCN1C(=O)c1occc1C. The Balaban J connectivity index is 2.33. The number of carbonyl (C=O) groups excluding carboxylic acids is 2. The van der Waals surface area contributed by atoms with Gasteiger partial charge in [-0.15, -0.1) is 0 Å². The zero-order valence-corrected chi connectivity index (χ0v) is 11.7. The van der Waals surface area contributed by atoms with Crippen molar-refractivity contribution in [1.29, 1.82) is 0 Å². The molecule has 1 aliphatic rings. The minimum atomic E-state index is -0.788. The molecular formula is C14H20N2O3. The normalized spacial score (nSPS) is 23.3. The van der Waals surface area contributed by atoms with E-state index in [1.54, 1.807) is 11.0 Å². The first-order valence-electron chi connectivity index (χ1n) is 6.65. The van der Waals surface area contributed by atoms with Gasteiger partial charge in [-0.25, -0.2) is 0 Å². The van der Waals surface area contributed by atoms with Crippen LogP contribution in [-0.4, -0.2) is 35.3 Å². The molecular weight excluding hydrogens is 244 g/mol. The lowest BCUT2D eigenvalue weighted by atomic mass is 9.90. The van der Waals surface area contributed by atoms with E-state index in [-0.39, 0.29) is 11.8 Å². The average molecular weight is 264 g/mol. The first kappa shape index (κ1) is 13.6. The van der Waals surface area contributed by atoms with Crippen LogP contribution >= 0.6 is 0 Å². The number of nitrogens with one attached hydrogen (secondary N) is 1. The van der Waals surface area contributed by atoms with E-state index in [1.807, 2.05) is 20.8 Å². The summed E-state index contributed by atoms with van der Waals surface area (Å²) in [5, 5.41) is 2.84. The standard InChI is InChI=1S/C14H20N2O3/c1-4-6-14(3)13(18)15-7-8-16(14)12(17)11-10(2)5-9-19-11/h5,9H,4,6-8H2,1-3H3,(H,15,18). The lowest BCUT2D eigenvalue weighted by Gasteiger charge is -2.43. The van der Waals surface area contributed by atoms with Crippen molar-refractivity contribution in [2.24, 2.45) is 0 Å². The van der Waals surface area contributed by atoms with E-state index in [0.29, 0.717) is 25.3 Å². The predicted octanol–water partition coefficient (Wildman–Crippen LogP) is 1.72. The number of furan rings is 1. The first-order chi connectivity index (χ1) is 9.00. The van der Waals surface area contributed by atoms with Gasteiger partial charge in [0.2, 0.25) is 5.91 Å². The van der Waals surface area contributed by atoms with Crippen molar-refractivity contribution in [2.45, 2.75) is 39.2 Å². The summed E-state index contributed by atoms with van der Waals surface area (Å²) >= 11 is 0. The minimum absolute atomic E-state index is 0.0850. The molecule has 5 heteroatoms. The van der Waals surface area contributed by atoms with Gasteiger partial charge in [0, 0.05) is 18.7 Å². The van der Waals surface area contributed by atoms with E-state index in [0.717, 1.165) is 12.0 Å². The van der Waals surface area contributed by atoms with E-state index in [2.05, 4.69) is 5.32 Å². The molecule has 2 amide bonds. The highest BCUT2D eigenvalue weighted by atomic mass is 16.3. The van der Waals surface area contributed by atoms with E-state index < -0.39 is 5.54 Å². The molecule has 0 spiro atoms. The molecule has 104 valence electrons. The molecule has 0 aliphatic carbocycles. The Morgan fingerprint density at radius 3 is 2.89 bits per heavy atom. The summed E-state index contributed by atoms with van der Waals surface area (Å²) in [5.41, 5.74) is 0.0124. The number of rotatable bonds is 3. The predicted molar refractivity (Wildman–Crippen MR) is 70.8 cm³/mol. The molecule has 1 aliphatic heterocycles. The molecule has 1 aromatic heterocycles. The van der Waals surface area contributed by atoms with Crippen LogP contribution in [0.2, 0.25) is 0 Å². The highest BCUT2D eigenvalue weighted by Crippen LogP contribution is 2.27. The van der Waals surface area contributed by atoms with Crippen LogP contribution in [0.25, 0.3) is 0 Å². The number of hydrogen-bond donors (Lipinski definition) is 1. The fraction of sp³-hybridized carbons (Fsp3) is 0.571. The van der Waals surface area contributed by atoms with Gasteiger partial charge >= 0.3 is 0 Å². The van der Waals surface area contributed by atoms with Crippen molar-refractivity contribution in [3.8, 4) is 0 Å². The number of nitrogens with zero attached hydrogens (tertiary/aromatic N) is 1. The van der Waals surface area contributed by atoms with Gasteiger partial charge in [-0.1, -0.05) is 13.3 Å². The highest BCUT2D eigenvalue weighted by molar-refractivity contribution is 5.99. The van der Waals surface area contributed by atoms with Gasteiger partial charge in [0.15, 0.2) is 5.76 Å². The summed E-state index contributed by atoms with van der Waals surface area (Å²) in [7, 11) is 0. The Kier molecular flexibility index (Phi) is 3.64. The van der Waals surface area contributed by atoms with Crippen LogP contribution in [0.15, 0.2) is 16.7 Å². The number of amides is 2. The summed E-state index contributed by atoms with van der Waals surface area (Å²) < 4.78 is 5.26. The quantitative estimate of drug-likeness (QED) is 0.904. The number of piperazine rings is 1. The van der Waals surface area contributed by atoms with E-state index in [1.165, 1.54) is 6.26 Å². The van der Waals surface area contributed by atoms with Crippen LogP contribution in [-0.2, 0) is 4.79 Å². The Hall–Kier alpha value is -1.78. The smallest absolute Gasteiger partial charge is 0.290 e. The summed E-state index contributed by atoms with van der Waals surface area (Å²) in [4.78, 5) is 26.3. The maximum absolute atomic E-state index is 12.6. The molecule has 1 aromatic rings. The molecule has 5 nitrogen and oxygen atoms in total. The number of hydrogen-bond acceptors (Lipinski definition) is 3. The second-order valence-corrected chi connectivity index (χ2v) is 5.17. The van der Waals surface area contributed by atoms with Crippen molar-refractivity contribution in [3.63, 3.8) is 0 Å². The molecule has 2 rings (SSSR count). The third-order valence-electron chi connectivity index (χ3n) is 3.74. The van der Waals surface area contributed by atoms with Crippen LogP contribution in [0.4, 0.5) is 0 Å². The van der Waals surface area contributed by atoms with Crippen LogP contribution in [0.3, 0.4) is 0 Å². The Morgan fingerprint density at radius 1 is 1.58 bits per heavy atom. The van der Waals surface area contributed by atoms with Crippen molar-refractivity contribution in [1.82, 2.24) is 10.2 Å². The van der Waals surface area contributed by atoms with Crippen molar-refractivity contribution < 1.29 is 14.0 Å². The van der Waals surface area contributed by atoms with Crippen LogP contribution in [0.1, 0.15) is 42.8 Å². The van der Waals surface area contributed by atoms with Gasteiger partial charge in [-0.3, -0.25) is 9.59 Å². The average Bonchev–Trinajstić information content (AvgIpc) is 2.79. The molecule has 1 fully saturated rings. The van der Waals surface area contributed by atoms with Gasteiger partial charge in [-0.05, 0) is 26.3 Å². The number of aryl methyl sites for hydroxylation is 1. The molecule has 1 unspecified atom stereocenters. The van der Waals surface area contributed by atoms with Crippen LogP contribution in [0, 0.1) is 6.92 Å². The van der Waals surface area contributed by atoms with Gasteiger partial charge < -0.3 is 14.6 Å². The minimum Gasteiger partial charge on any atom is -0.459 e. The van der Waals surface area contributed by atoms with Crippen molar-refractivity contribution in [3.05, 3.63) is 23.7 Å². The fourth-order valence-corrected chi connectivity index (χ4v) is 2.62. The molecule has 0 saturated carbocycles. The van der Waals surface area contributed by atoms with E-state index in [4.69, 9.17) is 4.42 Å². The maximum atomic E-state index is 12.6. The molecule has 1 saturated heterocycles. The zero-order chi connectivity index (χ0) is 14.0.